The molecule has 0 aromatic rings. The van der Waals surface area contributed by atoms with Gasteiger partial charge in [-0.15, -0.1) is 24.0 Å². The van der Waals surface area contributed by atoms with E-state index in [2.05, 4.69) is 43.3 Å². The van der Waals surface area contributed by atoms with E-state index in [1.54, 1.807) is 0 Å². The molecule has 0 amide bonds. The van der Waals surface area contributed by atoms with Gasteiger partial charge in [-0.3, -0.25) is 4.99 Å². The van der Waals surface area contributed by atoms with Crippen LogP contribution in [-0.4, -0.2) is 36.8 Å². The summed E-state index contributed by atoms with van der Waals surface area (Å²) >= 11 is 0. The van der Waals surface area contributed by atoms with Gasteiger partial charge in [-0.05, 0) is 25.7 Å². The molecule has 4 nitrogen and oxygen atoms in total. The van der Waals surface area contributed by atoms with E-state index in [-0.39, 0.29) is 35.5 Å². The van der Waals surface area contributed by atoms with Gasteiger partial charge in [-0.2, -0.15) is 0 Å². The van der Waals surface area contributed by atoms with Crippen LogP contribution in [0.3, 0.4) is 0 Å². The van der Waals surface area contributed by atoms with Gasteiger partial charge in [0.05, 0.1) is 12.6 Å². The first-order valence-electron chi connectivity index (χ1n) is 7.68. The summed E-state index contributed by atoms with van der Waals surface area (Å²) in [6.07, 6.45) is 4.13. The van der Waals surface area contributed by atoms with Crippen molar-refractivity contribution in [2.75, 3.05) is 19.6 Å². The minimum atomic E-state index is -0.210. The average Bonchev–Trinajstić information content (AvgIpc) is 2.36. The van der Waals surface area contributed by atoms with Gasteiger partial charge >= 0.3 is 0 Å². The minimum Gasteiger partial charge on any atom is -0.392 e. The zero-order valence-corrected chi connectivity index (χ0v) is 15.7. The summed E-state index contributed by atoms with van der Waals surface area (Å²) in [6, 6.07) is 0. The van der Waals surface area contributed by atoms with Gasteiger partial charge < -0.3 is 15.7 Å². The Hall–Kier alpha value is -0.0400. The van der Waals surface area contributed by atoms with Crippen molar-refractivity contribution < 1.29 is 5.11 Å². The Morgan fingerprint density at radius 2 is 2.05 bits per heavy atom. The van der Waals surface area contributed by atoms with Crippen LogP contribution < -0.4 is 10.6 Å². The molecule has 0 aromatic carbocycles. The third-order valence-electron chi connectivity index (χ3n) is 3.90. The van der Waals surface area contributed by atoms with Crippen LogP contribution in [0.5, 0.6) is 0 Å². The lowest BCUT2D eigenvalue weighted by Crippen LogP contribution is -2.42. The number of nitrogens with one attached hydrogen (secondary N) is 2. The molecule has 1 saturated carbocycles. The second kappa shape index (κ2) is 9.82. The highest BCUT2D eigenvalue weighted by atomic mass is 127. The summed E-state index contributed by atoms with van der Waals surface area (Å²) in [7, 11) is 0. The Morgan fingerprint density at radius 3 is 2.60 bits per heavy atom. The molecular formula is C15H32IN3O. The number of halogens is 1. The molecule has 0 aromatic heterocycles. The highest BCUT2D eigenvalue weighted by Crippen LogP contribution is 2.36. The van der Waals surface area contributed by atoms with Crippen LogP contribution >= 0.6 is 24.0 Å². The maximum atomic E-state index is 10.2. The average molecular weight is 397 g/mol. The Balaban J connectivity index is 0.00000361. The normalized spacial score (nSPS) is 27.1. The summed E-state index contributed by atoms with van der Waals surface area (Å²) in [5.41, 5.74) is -0.0571. The summed E-state index contributed by atoms with van der Waals surface area (Å²) in [5, 5.41) is 16.8. The Bertz CT molecular complexity index is 297. The molecule has 0 saturated heterocycles. The van der Waals surface area contributed by atoms with Crippen molar-refractivity contribution in [3.63, 3.8) is 0 Å². The highest BCUT2D eigenvalue weighted by molar-refractivity contribution is 14.0. The summed E-state index contributed by atoms with van der Waals surface area (Å²) in [6.45, 7) is 11.1. The molecule has 0 heterocycles. The zero-order valence-electron chi connectivity index (χ0n) is 13.4. The first-order chi connectivity index (χ1) is 8.98. The quantitative estimate of drug-likeness (QED) is 0.380. The zero-order chi connectivity index (χ0) is 14.3. The number of aliphatic hydroxyl groups is 1. The van der Waals surface area contributed by atoms with Gasteiger partial charge in [0.15, 0.2) is 5.96 Å². The fourth-order valence-electron chi connectivity index (χ4n) is 2.47. The number of rotatable bonds is 5. The Labute approximate surface area is 141 Å². The van der Waals surface area contributed by atoms with Crippen molar-refractivity contribution >= 4 is 29.9 Å². The highest BCUT2D eigenvalue weighted by Gasteiger charge is 2.35. The molecule has 0 radical (unpaired) electrons. The van der Waals surface area contributed by atoms with Gasteiger partial charge in [0.25, 0.3) is 0 Å². The van der Waals surface area contributed by atoms with Crippen molar-refractivity contribution in [3.8, 4) is 0 Å². The van der Waals surface area contributed by atoms with E-state index in [1.807, 2.05) is 0 Å². The smallest absolute Gasteiger partial charge is 0.191 e. The van der Waals surface area contributed by atoms with Crippen LogP contribution in [0.4, 0.5) is 0 Å². The number of aliphatic hydroxyl groups excluding tert-OH is 1. The molecule has 2 atom stereocenters. The second-order valence-corrected chi connectivity index (χ2v) is 6.39. The molecular weight excluding hydrogens is 365 g/mol. The molecule has 1 aliphatic rings. The number of hydrogen-bond donors (Lipinski definition) is 3. The number of hydrogen-bond acceptors (Lipinski definition) is 2. The number of nitrogens with zero attached hydrogens (tertiary/aromatic N) is 1. The molecule has 5 heteroatoms. The van der Waals surface area contributed by atoms with Crippen molar-refractivity contribution in [1.29, 1.82) is 0 Å². The molecule has 1 fully saturated rings. The lowest BCUT2D eigenvalue weighted by molar-refractivity contribution is 0.00716. The van der Waals surface area contributed by atoms with Crippen LogP contribution in [0.25, 0.3) is 0 Å². The predicted molar refractivity (Wildman–Crippen MR) is 96.8 cm³/mol. The van der Waals surface area contributed by atoms with Gasteiger partial charge in [0.1, 0.15) is 0 Å². The van der Waals surface area contributed by atoms with E-state index in [4.69, 9.17) is 0 Å². The van der Waals surface area contributed by atoms with Gasteiger partial charge in [-0.25, -0.2) is 0 Å². The molecule has 120 valence electrons. The van der Waals surface area contributed by atoms with E-state index in [0.717, 1.165) is 38.3 Å². The topological polar surface area (TPSA) is 56.7 Å². The fraction of sp³-hybridized carbons (Fsp3) is 0.933. The van der Waals surface area contributed by atoms with E-state index in [9.17, 15) is 5.11 Å². The van der Waals surface area contributed by atoms with Crippen LogP contribution in [0.15, 0.2) is 4.99 Å². The number of guanidine groups is 1. The first-order valence-corrected chi connectivity index (χ1v) is 7.68. The molecule has 2 unspecified atom stereocenters. The predicted octanol–water partition coefficient (Wildman–Crippen LogP) is 2.76. The van der Waals surface area contributed by atoms with Crippen LogP contribution in [-0.2, 0) is 0 Å². The molecule has 3 N–H and O–H groups in total. The van der Waals surface area contributed by atoms with Gasteiger partial charge in [-0.1, -0.05) is 33.6 Å². The van der Waals surface area contributed by atoms with Crippen LogP contribution in [0, 0.1) is 11.3 Å². The summed E-state index contributed by atoms with van der Waals surface area (Å²) in [5.74, 6) is 1.47. The molecule has 20 heavy (non-hydrogen) atoms. The van der Waals surface area contributed by atoms with Crippen molar-refractivity contribution in [3.05, 3.63) is 0 Å². The largest absolute Gasteiger partial charge is 0.392 e. The Morgan fingerprint density at radius 1 is 1.35 bits per heavy atom. The van der Waals surface area contributed by atoms with Gasteiger partial charge in [0, 0.05) is 18.5 Å². The van der Waals surface area contributed by atoms with E-state index in [1.165, 1.54) is 6.42 Å². The maximum Gasteiger partial charge on any atom is 0.191 e. The van der Waals surface area contributed by atoms with Crippen LogP contribution in [0.2, 0.25) is 0 Å². The number of aliphatic imine (C=N–C) groups is 1. The van der Waals surface area contributed by atoms with E-state index in [0.29, 0.717) is 12.5 Å². The molecule has 0 spiro atoms. The van der Waals surface area contributed by atoms with Gasteiger partial charge in [0.2, 0.25) is 0 Å². The first kappa shape index (κ1) is 20.0. The van der Waals surface area contributed by atoms with Crippen molar-refractivity contribution in [1.82, 2.24) is 10.6 Å². The summed E-state index contributed by atoms with van der Waals surface area (Å²) in [4.78, 5) is 4.67. The molecule has 0 bridgehead atoms. The maximum absolute atomic E-state index is 10.2. The SMILES string of the molecule is CCNC(=NCC1(C)CCCCC1O)NCC(C)C.I. The fourth-order valence-corrected chi connectivity index (χ4v) is 2.47. The lowest BCUT2D eigenvalue weighted by Gasteiger charge is -2.37. The third-order valence-corrected chi connectivity index (χ3v) is 3.90. The third kappa shape index (κ3) is 6.61. The molecule has 0 aliphatic heterocycles. The second-order valence-electron chi connectivity index (χ2n) is 6.39. The summed E-state index contributed by atoms with van der Waals surface area (Å²) < 4.78 is 0. The van der Waals surface area contributed by atoms with Crippen LogP contribution in [0.1, 0.15) is 53.4 Å². The van der Waals surface area contributed by atoms with E-state index < -0.39 is 0 Å². The minimum absolute atomic E-state index is 0. The lowest BCUT2D eigenvalue weighted by atomic mass is 9.73. The van der Waals surface area contributed by atoms with E-state index >= 15 is 0 Å². The van der Waals surface area contributed by atoms with Crippen molar-refractivity contribution in [2.24, 2.45) is 16.3 Å². The molecule has 1 rings (SSSR count). The monoisotopic (exact) mass is 397 g/mol. The Kier molecular flexibility index (Phi) is 9.80. The molecule has 1 aliphatic carbocycles. The standard InChI is InChI=1S/C15H31N3O.HI/c1-5-16-14(17-10-12(2)3)18-11-15(4)9-7-6-8-13(15)19;/h12-13,19H,5-11H2,1-4H3,(H2,16,17,18);1H. The van der Waals surface area contributed by atoms with Crippen molar-refractivity contribution in [2.45, 2.75) is 59.5 Å².